The highest BCUT2D eigenvalue weighted by molar-refractivity contribution is 5.51. The van der Waals surface area contributed by atoms with Crippen LogP contribution in [0.25, 0.3) is 0 Å². The summed E-state index contributed by atoms with van der Waals surface area (Å²) >= 11 is 0. The number of anilines is 1. The first-order chi connectivity index (χ1) is 8.08. The molecule has 0 atom stereocenters. The van der Waals surface area contributed by atoms with E-state index in [-0.39, 0.29) is 18.1 Å². The topological polar surface area (TPSA) is 113 Å². The largest absolute Gasteiger partial charge is 0.378 e. The molecule has 0 aliphatic rings. The summed E-state index contributed by atoms with van der Waals surface area (Å²) < 4.78 is 1.33. The van der Waals surface area contributed by atoms with E-state index in [0.717, 1.165) is 6.20 Å². The van der Waals surface area contributed by atoms with Crippen LogP contribution >= 0.6 is 0 Å². The Balaban J connectivity index is 2.28. The third kappa shape index (κ3) is 2.19. The smallest absolute Gasteiger partial charge is 0.330 e. The van der Waals surface area contributed by atoms with E-state index < -0.39 is 4.92 Å². The molecule has 0 unspecified atom stereocenters. The Morgan fingerprint density at radius 2 is 2.35 bits per heavy atom. The molecule has 0 aliphatic carbocycles. The Labute approximate surface area is 96.3 Å². The van der Waals surface area contributed by atoms with Gasteiger partial charge in [0.05, 0.1) is 17.2 Å². The lowest BCUT2D eigenvalue weighted by Crippen LogP contribution is -2.08. The average Bonchev–Trinajstić information content (AvgIpc) is 2.61. The van der Waals surface area contributed by atoms with E-state index in [1.807, 2.05) is 0 Å². The first-order valence-electron chi connectivity index (χ1n) is 4.82. The molecule has 0 bridgehead atoms. The summed E-state index contributed by atoms with van der Waals surface area (Å²) in [5.41, 5.74) is 6.10. The summed E-state index contributed by atoms with van der Waals surface area (Å²) in [6.45, 7) is 2.04. The van der Waals surface area contributed by atoms with Gasteiger partial charge in [0.1, 0.15) is 12.0 Å². The van der Waals surface area contributed by atoms with E-state index in [1.165, 1.54) is 4.68 Å². The second-order valence-electron chi connectivity index (χ2n) is 3.43. The molecule has 0 aromatic carbocycles. The molecular weight excluding hydrogens is 224 g/mol. The molecular formula is C9H10N6O2. The van der Waals surface area contributed by atoms with Gasteiger partial charge in [0, 0.05) is 6.20 Å². The highest BCUT2D eigenvalue weighted by Gasteiger charge is 2.17. The summed E-state index contributed by atoms with van der Waals surface area (Å²) in [6.07, 6.45) is 2.75. The number of nitro groups is 1. The van der Waals surface area contributed by atoms with Crippen LogP contribution in [0.1, 0.15) is 11.5 Å². The Hall–Kier alpha value is -2.51. The Morgan fingerprint density at radius 3 is 2.94 bits per heavy atom. The van der Waals surface area contributed by atoms with E-state index in [1.54, 1.807) is 19.2 Å². The van der Waals surface area contributed by atoms with Gasteiger partial charge in [-0.15, -0.1) is 0 Å². The Bertz CT molecular complexity index is 564. The van der Waals surface area contributed by atoms with Gasteiger partial charge < -0.3 is 5.73 Å². The number of nitrogens with zero attached hydrogens (tertiary/aromatic N) is 5. The molecule has 88 valence electrons. The van der Waals surface area contributed by atoms with Crippen molar-refractivity contribution in [2.45, 2.75) is 13.5 Å². The summed E-state index contributed by atoms with van der Waals surface area (Å²) in [5, 5.41) is 14.4. The zero-order valence-electron chi connectivity index (χ0n) is 9.07. The number of nitrogens with two attached hydrogens (primary N) is 1. The number of aryl methyl sites for hydroxylation is 1. The standard InChI is InChI=1S/C9H10N6O2/c1-6-11-3-2-7(13-6)5-14-9(10)8(4-12-14)15(16)17/h2-4H,5,10H2,1H3. The predicted molar refractivity (Wildman–Crippen MR) is 59.2 cm³/mol. The molecule has 0 fully saturated rings. The molecule has 0 spiro atoms. The van der Waals surface area contributed by atoms with Crippen molar-refractivity contribution in [2.24, 2.45) is 0 Å². The molecule has 0 saturated carbocycles. The average molecular weight is 234 g/mol. The number of hydrogen-bond donors (Lipinski definition) is 1. The van der Waals surface area contributed by atoms with Crippen LogP contribution in [0, 0.1) is 17.0 Å². The van der Waals surface area contributed by atoms with Gasteiger partial charge in [-0.2, -0.15) is 5.10 Å². The fraction of sp³-hybridized carbons (Fsp3) is 0.222. The molecule has 2 heterocycles. The molecule has 8 heteroatoms. The lowest BCUT2D eigenvalue weighted by atomic mass is 10.4. The molecule has 0 aliphatic heterocycles. The molecule has 2 rings (SSSR count). The van der Waals surface area contributed by atoms with Crippen LogP contribution in [-0.4, -0.2) is 24.7 Å². The van der Waals surface area contributed by atoms with Crippen molar-refractivity contribution in [3.05, 3.63) is 40.1 Å². The molecule has 2 aromatic rings. The van der Waals surface area contributed by atoms with Crippen LogP contribution in [0.3, 0.4) is 0 Å². The Kier molecular flexibility index (Phi) is 2.69. The zero-order chi connectivity index (χ0) is 12.4. The van der Waals surface area contributed by atoms with E-state index in [2.05, 4.69) is 15.1 Å². The van der Waals surface area contributed by atoms with Crippen molar-refractivity contribution in [2.75, 3.05) is 5.73 Å². The van der Waals surface area contributed by atoms with Crippen molar-refractivity contribution in [3.63, 3.8) is 0 Å². The van der Waals surface area contributed by atoms with Gasteiger partial charge in [-0.25, -0.2) is 14.6 Å². The summed E-state index contributed by atoms with van der Waals surface area (Å²) in [4.78, 5) is 18.1. The van der Waals surface area contributed by atoms with Crippen molar-refractivity contribution in [1.29, 1.82) is 0 Å². The van der Waals surface area contributed by atoms with E-state index in [9.17, 15) is 10.1 Å². The number of hydrogen-bond acceptors (Lipinski definition) is 6. The van der Waals surface area contributed by atoms with Crippen molar-refractivity contribution < 1.29 is 4.92 Å². The molecule has 2 aromatic heterocycles. The van der Waals surface area contributed by atoms with Gasteiger partial charge in [-0.1, -0.05) is 0 Å². The fourth-order valence-electron chi connectivity index (χ4n) is 1.40. The lowest BCUT2D eigenvalue weighted by molar-refractivity contribution is -0.384. The number of rotatable bonds is 3. The van der Waals surface area contributed by atoms with Crippen LogP contribution in [0.4, 0.5) is 11.5 Å². The maximum absolute atomic E-state index is 10.6. The summed E-state index contributed by atoms with van der Waals surface area (Å²) in [5.74, 6) is 0.647. The summed E-state index contributed by atoms with van der Waals surface area (Å²) in [6, 6.07) is 1.71. The van der Waals surface area contributed by atoms with Crippen LogP contribution in [-0.2, 0) is 6.54 Å². The SMILES string of the molecule is Cc1nccc(Cn2ncc([N+](=O)[O-])c2N)n1. The maximum Gasteiger partial charge on any atom is 0.330 e. The van der Waals surface area contributed by atoms with Gasteiger partial charge in [-0.05, 0) is 13.0 Å². The van der Waals surface area contributed by atoms with Gasteiger partial charge in [-0.3, -0.25) is 10.1 Å². The quantitative estimate of drug-likeness (QED) is 0.611. The van der Waals surface area contributed by atoms with E-state index in [0.29, 0.717) is 11.5 Å². The van der Waals surface area contributed by atoms with Crippen LogP contribution in [0.5, 0.6) is 0 Å². The monoisotopic (exact) mass is 234 g/mol. The third-order valence-electron chi connectivity index (χ3n) is 2.20. The minimum absolute atomic E-state index is 0.0197. The molecule has 0 saturated heterocycles. The molecule has 17 heavy (non-hydrogen) atoms. The van der Waals surface area contributed by atoms with Gasteiger partial charge >= 0.3 is 5.69 Å². The minimum atomic E-state index is -0.565. The minimum Gasteiger partial charge on any atom is -0.378 e. The van der Waals surface area contributed by atoms with Gasteiger partial charge in [0.25, 0.3) is 0 Å². The first kappa shape index (κ1) is 11.0. The van der Waals surface area contributed by atoms with Crippen LogP contribution in [0.15, 0.2) is 18.5 Å². The van der Waals surface area contributed by atoms with Gasteiger partial charge in [0.15, 0.2) is 0 Å². The zero-order valence-corrected chi connectivity index (χ0v) is 9.07. The number of aromatic nitrogens is 4. The second-order valence-corrected chi connectivity index (χ2v) is 3.43. The normalized spacial score (nSPS) is 10.4. The molecule has 2 N–H and O–H groups in total. The second kappa shape index (κ2) is 4.16. The summed E-state index contributed by atoms with van der Waals surface area (Å²) in [7, 11) is 0. The number of nitrogen functional groups attached to an aromatic ring is 1. The highest BCUT2D eigenvalue weighted by Crippen LogP contribution is 2.20. The van der Waals surface area contributed by atoms with Gasteiger partial charge in [0.2, 0.25) is 5.82 Å². The highest BCUT2D eigenvalue weighted by atomic mass is 16.6. The van der Waals surface area contributed by atoms with Crippen molar-refractivity contribution in [3.8, 4) is 0 Å². The lowest BCUT2D eigenvalue weighted by Gasteiger charge is -2.03. The fourth-order valence-corrected chi connectivity index (χ4v) is 1.40. The van der Waals surface area contributed by atoms with Crippen molar-refractivity contribution >= 4 is 11.5 Å². The van der Waals surface area contributed by atoms with E-state index >= 15 is 0 Å². The molecule has 8 nitrogen and oxygen atoms in total. The maximum atomic E-state index is 10.6. The van der Waals surface area contributed by atoms with Crippen LogP contribution in [0.2, 0.25) is 0 Å². The van der Waals surface area contributed by atoms with Crippen molar-refractivity contribution in [1.82, 2.24) is 19.7 Å². The predicted octanol–water partition coefficient (Wildman–Crippen LogP) is 0.520. The third-order valence-corrected chi connectivity index (χ3v) is 2.20. The molecule has 0 radical (unpaired) electrons. The van der Waals surface area contributed by atoms with E-state index in [4.69, 9.17) is 5.73 Å². The first-order valence-corrected chi connectivity index (χ1v) is 4.82. The van der Waals surface area contributed by atoms with Crippen LogP contribution < -0.4 is 5.73 Å². The molecule has 0 amide bonds. The Morgan fingerprint density at radius 1 is 1.59 bits per heavy atom.